The molecule has 4 N–H and O–H groups in total. The van der Waals surface area contributed by atoms with Gasteiger partial charge in [-0.25, -0.2) is 5.84 Å². The molecule has 0 unspecified atom stereocenters. The molecule has 0 spiro atoms. The molecule has 64 valence electrons. The van der Waals surface area contributed by atoms with Crippen LogP contribution in [0.4, 0.5) is 4.39 Å². The first-order chi connectivity index (χ1) is 5.22. The molecule has 0 aliphatic rings. The molecule has 2 amide bonds. The minimum absolute atomic E-state index is 0.142. The second-order valence-corrected chi connectivity index (χ2v) is 1.77. The summed E-state index contributed by atoms with van der Waals surface area (Å²) >= 11 is 0. The van der Waals surface area contributed by atoms with Crippen LogP contribution < -0.4 is 16.6 Å². The molecule has 0 saturated carbocycles. The summed E-state index contributed by atoms with van der Waals surface area (Å²) in [5, 5.41) is 2.16. The van der Waals surface area contributed by atoms with Crippen molar-refractivity contribution in [1.29, 1.82) is 0 Å². The molecule has 0 fully saturated rings. The van der Waals surface area contributed by atoms with Gasteiger partial charge in [0, 0.05) is 6.54 Å². The fourth-order valence-electron chi connectivity index (χ4n) is 0.415. The van der Waals surface area contributed by atoms with E-state index in [1.807, 2.05) is 0 Å². The Kier molecular flexibility index (Phi) is 5.01. The number of halogens is 1. The van der Waals surface area contributed by atoms with Gasteiger partial charge in [-0.2, -0.15) is 0 Å². The van der Waals surface area contributed by atoms with Crippen molar-refractivity contribution in [2.75, 3.05) is 13.2 Å². The largest absolute Gasteiger partial charge is 0.348 e. The van der Waals surface area contributed by atoms with Gasteiger partial charge in [-0.05, 0) is 6.42 Å². The zero-order valence-electron chi connectivity index (χ0n) is 5.89. The van der Waals surface area contributed by atoms with Gasteiger partial charge in [-0.1, -0.05) is 0 Å². The van der Waals surface area contributed by atoms with Crippen molar-refractivity contribution in [2.24, 2.45) is 5.84 Å². The minimum atomic E-state index is -0.927. The highest BCUT2D eigenvalue weighted by Gasteiger charge is 2.09. The minimum Gasteiger partial charge on any atom is -0.348 e. The summed E-state index contributed by atoms with van der Waals surface area (Å²) in [4.78, 5) is 20.9. The highest BCUT2D eigenvalue weighted by Crippen LogP contribution is 1.76. The summed E-state index contributed by atoms with van der Waals surface area (Å²) in [5.74, 6) is 2.87. The van der Waals surface area contributed by atoms with Gasteiger partial charge in [0.25, 0.3) is 0 Å². The molecule has 0 atom stereocenters. The first-order valence-corrected chi connectivity index (χ1v) is 3.07. The Hall–Kier alpha value is -1.17. The van der Waals surface area contributed by atoms with E-state index in [-0.39, 0.29) is 13.0 Å². The third kappa shape index (κ3) is 4.26. The van der Waals surface area contributed by atoms with Crippen molar-refractivity contribution in [3.8, 4) is 0 Å². The van der Waals surface area contributed by atoms with Crippen molar-refractivity contribution in [1.82, 2.24) is 10.7 Å². The number of amides is 2. The molecule has 0 aromatic rings. The Balaban J connectivity index is 3.44. The molecular formula is C5H10FN3O2. The second-order valence-electron chi connectivity index (χ2n) is 1.77. The number of hydrogen-bond acceptors (Lipinski definition) is 3. The molecule has 0 aromatic carbocycles. The van der Waals surface area contributed by atoms with Gasteiger partial charge >= 0.3 is 11.8 Å². The van der Waals surface area contributed by atoms with Crippen LogP contribution in [-0.2, 0) is 9.59 Å². The molecule has 0 rings (SSSR count). The number of rotatable bonds is 3. The number of alkyl halides is 1. The van der Waals surface area contributed by atoms with Crippen LogP contribution in [0.1, 0.15) is 6.42 Å². The van der Waals surface area contributed by atoms with Gasteiger partial charge < -0.3 is 5.32 Å². The van der Waals surface area contributed by atoms with Crippen molar-refractivity contribution >= 4 is 11.8 Å². The first-order valence-electron chi connectivity index (χ1n) is 3.07. The standard InChI is InChI=1S/C5H10FN3O2/c6-2-1-3-8-4(10)5(11)9-7/h1-3,7H2,(H,8,10)(H,9,11). The molecular weight excluding hydrogens is 153 g/mol. The molecule has 0 bridgehead atoms. The van der Waals surface area contributed by atoms with Crippen LogP contribution in [0.15, 0.2) is 0 Å². The summed E-state index contributed by atoms with van der Waals surface area (Å²) in [5.41, 5.74) is 1.65. The molecule has 5 nitrogen and oxygen atoms in total. The molecule has 6 heteroatoms. The third-order valence-corrected chi connectivity index (χ3v) is 0.933. The lowest BCUT2D eigenvalue weighted by molar-refractivity contribution is -0.139. The van der Waals surface area contributed by atoms with Gasteiger partial charge in [0.15, 0.2) is 0 Å². The quantitative estimate of drug-likeness (QED) is 0.155. The van der Waals surface area contributed by atoms with Gasteiger partial charge in [0.1, 0.15) is 0 Å². The van der Waals surface area contributed by atoms with Gasteiger partial charge in [-0.3, -0.25) is 19.4 Å². The maximum Gasteiger partial charge on any atom is 0.323 e. The molecule has 0 heterocycles. The van der Waals surface area contributed by atoms with E-state index < -0.39 is 18.5 Å². The van der Waals surface area contributed by atoms with Crippen molar-refractivity contribution in [2.45, 2.75) is 6.42 Å². The number of carbonyl (C=O) groups is 2. The van der Waals surface area contributed by atoms with Gasteiger partial charge in [0.2, 0.25) is 0 Å². The van der Waals surface area contributed by atoms with Gasteiger partial charge in [-0.15, -0.1) is 0 Å². The van der Waals surface area contributed by atoms with E-state index in [9.17, 15) is 14.0 Å². The fraction of sp³-hybridized carbons (Fsp3) is 0.600. The van der Waals surface area contributed by atoms with Gasteiger partial charge in [0.05, 0.1) is 6.67 Å². The van der Waals surface area contributed by atoms with Crippen LogP contribution in [0.3, 0.4) is 0 Å². The number of nitrogens with one attached hydrogen (secondary N) is 2. The Bertz CT molecular complexity index is 151. The molecule has 0 aliphatic heterocycles. The summed E-state index contributed by atoms with van der Waals surface area (Å²) in [6.07, 6.45) is 0.198. The Morgan fingerprint density at radius 2 is 2.00 bits per heavy atom. The van der Waals surface area contributed by atoms with E-state index in [1.54, 1.807) is 5.43 Å². The van der Waals surface area contributed by atoms with E-state index >= 15 is 0 Å². The summed E-state index contributed by atoms with van der Waals surface area (Å²) in [6, 6.07) is 0. The monoisotopic (exact) mass is 163 g/mol. The summed E-state index contributed by atoms with van der Waals surface area (Å²) in [7, 11) is 0. The predicted molar refractivity (Wildman–Crippen MR) is 35.9 cm³/mol. The zero-order chi connectivity index (χ0) is 8.69. The summed E-state index contributed by atoms with van der Waals surface area (Å²) in [6.45, 7) is -0.382. The average molecular weight is 163 g/mol. The molecule has 0 aliphatic carbocycles. The third-order valence-electron chi connectivity index (χ3n) is 0.933. The predicted octanol–water partition coefficient (Wildman–Crippen LogP) is -1.55. The number of nitrogens with two attached hydrogens (primary N) is 1. The molecule has 11 heavy (non-hydrogen) atoms. The van der Waals surface area contributed by atoms with Crippen LogP contribution >= 0.6 is 0 Å². The van der Waals surface area contributed by atoms with Crippen LogP contribution in [0.2, 0.25) is 0 Å². The van der Waals surface area contributed by atoms with Crippen molar-refractivity contribution in [3.05, 3.63) is 0 Å². The fourth-order valence-corrected chi connectivity index (χ4v) is 0.415. The zero-order valence-corrected chi connectivity index (χ0v) is 5.89. The van der Waals surface area contributed by atoms with E-state index in [1.165, 1.54) is 0 Å². The maximum atomic E-state index is 11.5. The topological polar surface area (TPSA) is 84.2 Å². The van der Waals surface area contributed by atoms with E-state index in [0.29, 0.717) is 0 Å². The molecule has 0 saturated heterocycles. The summed E-state index contributed by atoms with van der Waals surface area (Å²) < 4.78 is 11.5. The number of carbonyl (C=O) groups excluding carboxylic acids is 2. The van der Waals surface area contributed by atoms with Crippen LogP contribution in [0.25, 0.3) is 0 Å². The van der Waals surface area contributed by atoms with Crippen molar-refractivity contribution in [3.63, 3.8) is 0 Å². The molecule has 0 radical (unpaired) electrons. The lowest BCUT2D eigenvalue weighted by Gasteiger charge is -2.00. The first kappa shape index (κ1) is 9.83. The van der Waals surface area contributed by atoms with E-state index in [0.717, 1.165) is 0 Å². The maximum absolute atomic E-state index is 11.5. The number of hydrogen-bond donors (Lipinski definition) is 3. The lowest BCUT2D eigenvalue weighted by atomic mass is 10.4. The normalized spacial score (nSPS) is 8.91. The Labute approximate surface area is 63.1 Å². The number of hydrazine groups is 1. The average Bonchev–Trinajstić information content (AvgIpc) is 2.03. The van der Waals surface area contributed by atoms with E-state index in [2.05, 4.69) is 11.2 Å². The van der Waals surface area contributed by atoms with E-state index in [4.69, 9.17) is 0 Å². The highest BCUT2D eigenvalue weighted by molar-refractivity contribution is 6.34. The molecule has 0 aromatic heterocycles. The lowest BCUT2D eigenvalue weighted by Crippen LogP contribution is -2.43. The smallest absolute Gasteiger partial charge is 0.323 e. The van der Waals surface area contributed by atoms with Crippen molar-refractivity contribution < 1.29 is 14.0 Å². The van der Waals surface area contributed by atoms with Crippen LogP contribution in [0, 0.1) is 0 Å². The highest BCUT2D eigenvalue weighted by atomic mass is 19.1. The second kappa shape index (κ2) is 5.60. The Morgan fingerprint density at radius 1 is 1.36 bits per heavy atom. The SMILES string of the molecule is NNC(=O)C(=O)NCCCF. The van der Waals surface area contributed by atoms with Crippen LogP contribution in [0.5, 0.6) is 0 Å². The van der Waals surface area contributed by atoms with Crippen LogP contribution in [-0.4, -0.2) is 25.0 Å². The Morgan fingerprint density at radius 3 is 2.45 bits per heavy atom.